The molecule has 15 N–H and O–H groups in total. The smallest absolute Gasteiger partial charge is 0.331 e. The van der Waals surface area contributed by atoms with Crippen molar-refractivity contribution in [2.24, 2.45) is 23.7 Å². The third-order valence-corrected chi connectivity index (χ3v) is 22.8. The molecule has 2 bridgehead atoms. The molecule has 5 rings (SSSR count). The third kappa shape index (κ3) is 28.7. The Morgan fingerprint density at radius 1 is 0.602 bits per heavy atom. The van der Waals surface area contributed by atoms with Crippen LogP contribution in [0.15, 0.2) is 72.9 Å². The molecule has 14 amide bonds. The molecule has 0 saturated carbocycles. The molecule has 0 aliphatic carbocycles. The van der Waals surface area contributed by atoms with E-state index in [4.69, 9.17) is 9.47 Å². The molecule has 3 heterocycles. The van der Waals surface area contributed by atoms with E-state index >= 15 is 24.0 Å². The van der Waals surface area contributed by atoms with Gasteiger partial charge in [0, 0.05) is 57.9 Å². The second-order valence-corrected chi connectivity index (χ2v) is 32.1. The van der Waals surface area contributed by atoms with Gasteiger partial charge in [-0.05, 0) is 81.3 Å². The number of carbonyl (C=O) groups excluding carboxylic acids is 15. The Morgan fingerprint density at radius 3 is 1.71 bits per heavy atom. The van der Waals surface area contributed by atoms with Crippen LogP contribution in [0.5, 0.6) is 0 Å². The Balaban J connectivity index is 1.80. The van der Waals surface area contributed by atoms with Gasteiger partial charge in [0.15, 0.2) is 12.3 Å². The summed E-state index contributed by atoms with van der Waals surface area (Å²) in [6.07, 6.45) is -5.11. The summed E-state index contributed by atoms with van der Waals surface area (Å²) in [5, 5.41) is 61.9. The number of benzene rings is 2. The highest BCUT2D eigenvalue weighted by atomic mass is 33.1. The average molecular weight is 1620 g/mol. The molecular formula is C77H116N14O20S2. The van der Waals surface area contributed by atoms with Crippen LogP contribution in [0, 0.1) is 23.7 Å². The minimum absolute atomic E-state index is 0.0106. The summed E-state index contributed by atoms with van der Waals surface area (Å²) in [5.74, 6) is -17.6. The van der Waals surface area contributed by atoms with Gasteiger partial charge in [-0.2, -0.15) is 0 Å². The van der Waals surface area contributed by atoms with Gasteiger partial charge < -0.3 is 98.4 Å². The first kappa shape index (κ1) is 94.4. The van der Waals surface area contributed by atoms with E-state index in [2.05, 4.69) is 70.4 Å². The van der Waals surface area contributed by atoms with Gasteiger partial charge >= 0.3 is 5.97 Å². The monoisotopic (exact) mass is 1620 g/mol. The molecule has 34 nitrogen and oxygen atoms in total. The molecule has 3 aliphatic heterocycles. The Labute approximate surface area is 667 Å². The van der Waals surface area contributed by atoms with Gasteiger partial charge in [0.1, 0.15) is 78.6 Å². The fourth-order valence-electron chi connectivity index (χ4n) is 12.7. The van der Waals surface area contributed by atoms with E-state index in [1.165, 1.54) is 39.8 Å². The fourth-order valence-corrected chi connectivity index (χ4v) is 15.0. The average Bonchev–Trinajstić information content (AvgIpc) is 1.75. The summed E-state index contributed by atoms with van der Waals surface area (Å²) < 4.78 is 11.5. The molecule has 2 aromatic rings. The van der Waals surface area contributed by atoms with Crippen LogP contribution >= 0.6 is 21.6 Å². The number of likely N-dealkylation sites (N-methyl/N-ethyl adjacent to an activating group) is 1. The number of fused-ring (bicyclic) bond motifs is 6. The summed E-state index contributed by atoms with van der Waals surface area (Å²) in [5.41, 5.74) is 0.424. The molecule has 36 heteroatoms. The van der Waals surface area contributed by atoms with Crippen molar-refractivity contribution < 1.29 is 96.7 Å². The van der Waals surface area contributed by atoms with Crippen molar-refractivity contribution in [1.29, 1.82) is 0 Å². The number of nitrogens with zero attached hydrogens (tertiary/aromatic N) is 2. The number of nitrogens with one attached hydrogen (secondary N) is 12. The summed E-state index contributed by atoms with van der Waals surface area (Å²) in [6, 6.07) is -4.02. The van der Waals surface area contributed by atoms with Crippen molar-refractivity contribution in [2.75, 3.05) is 38.8 Å². The normalized spacial score (nSPS) is 27.5. The molecule has 113 heavy (non-hydrogen) atoms. The number of hydrogen-bond acceptors (Lipinski definition) is 22. The molecular weight excluding hydrogens is 1510 g/mol. The largest absolute Gasteiger partial charge is 0.458 e. The second kappa shape index (κ2) is 46.2. The number of aliphatic hydroxyl groups is 3. The van der Waals surface area contributed by atoms with Crippen molar-refractivity contribution in [1.82, 2.24) is 73.6 Å². The standard InChI is InChI=1S/C77H116N14O20S2/c1-15-41(6)33-50-67(99)87-60(40(4)5)76(108)90(13)63(47(12)110-14)74(106)85-54(37-92)77(109)111-46(11)62-73(105)84-53(36-49-27-22-19-23-28-49)75(107)91-32-24-29-57(91)71(103)86-56(70(102)88-61(43(8)17-3)72(104)79-45(10)65(97)81-50)39-113-112-38-55(80-58(93)30-31-59(94)95)69(101)83-52(35-48-25-20-18-21-26-48)66(98)78-44(9)64(96)82-51(68(100)89-62)34-42(7)16-2/h18-23,25-28,40-44,46-47,50-57,59-63,92,94-95H,10,15-17,24,29-39H2,1-9,11-14H3,(H,78,98)(H,79,104)(H,80,93)(H,81,97)(H,82,96)(H,83,101)(H,84,105)(H,85,106)(H,86,103)(H,87,99)(H,88,102)(H,89,100)/t41-,42+,43+,44-,46-,47-,50+,51?,52-,53-,54+,55+,56+,57+,60?,61?,62-,63+/m1/s1. The molecule has 18 atom stereocenters. The van der Waals surface area contributed by atoms with Crippen LogP contribution in [-0.4, -0.2) is 250 Å². The number of aliphatic hydroxyl groups excluding tert-OH is 2. The Hall–Kier alpha value is -9.23. The molecule has 0 radical (unpaired) electrons. The lowest BCUT2D eigenvalue weighted by molar-refractivity contribution is -0.158. The van der Waals surface area contributed by atoms with Crippen LogP contribution in [0.3, 0.4) is 0 Å². The lowest BCUT2D eigenvalue weighted by Gasteiger charge is -2.36. The van der Waals surface area contributed by atoms with Gasteiger partial charge in [-0.3, -0.25) is 67.1 Å². The highest BCUT2D eigenvalue weighted by molar-refractivity contribution is 8.76. The van der Waals surface area contributed by atoms with Crippen molar-refractivity contribution in [3.8, 4) is 0 Å². The molecule has 3 aliphatic rings. The predicted molar refractivity (Wildman–Crippen MR) is 420 cm³/mol. The van der Waals surface area contributed by atoms with Crippen molar-refractivity contribution in [3.05, 3.63) is 84.1 Å². The molecule has 0 spiro atoms. The zero-order chi connectivity index (χ0) is 84.1. The fraction of sp³-hybridized carbons (Fsp3) is 0.623. The number of ether oxygens (including phenoxy) is 2. The first-order valence-electron chi connectivity index (χ1n) is 38.4. The summed E-state index contributed by atoms with van der Waals surface area (Å²) in [4.78, 5) is 224. The number of methoxy groups -OCH3 is 1. The van der Waals surface area contributed by atoms with E-state index in [0.29, 0.717) is 24.0 Å². The van der Waals surface area contributed by atoms with Crippen molar-refractivity contribution >= 4 is 110 Å². The second-order valence-electron chi connectivity index (χ2n) is 29.6. The Kier molecular flexibility index (Phi) is 38.6. The number of rotatable bonds is 20. The Morgan fingerprint density at radius 2 is 1.14 bits per heavy atom. The van der Waals surface area contributed by atoms with Gasteiger partial charge in [0.25, 0.3) is 5.91 Å². The van der Waals surface area contributed by atoms with Gasteiger partial charge in [-0.25, -0.2) is 4.79 Å². The summed E-state index contributed by atoms with van der Waals surface area (Å²) in [7, 11) is 4.28. The number of amides is 14. The maximum absolute atomic E-state index is 15.6. The van der Waals surface area contributed by atoms with Gasteiger partial charge in [0.05, 0.1) is 18.4 Å². The number of carbonyl (C=O) groups is 15. The van der Waals surface area contributed by atoms with Crippen LogP contribution < -0.4 is 63.8 Å². The van der Waals surface area contributed by atoms with Crippen LogP contribution in [0.4, 0.5) is 0 Å². The van der Waals surface area contributed by atoms with Crippen LogP contribution in [-0.2, 0) is 94.2 Å². The van der Waals surface area contributed by atoms with E-state index < -0.39 is 223 Å². The zero-order valence-corrected chi connectivity index (χ0v) is 68.3. The van der Waals surface area contributed by atoms with Gasteiger partial charge in [0.2, 0.25) is 76.8 Å². The van der Waals surface area contributed by atoms with Gasteiger partial charge in [-0.15, -0.1) is 0 Å². The minimum Gasteiger partial charge on any atom is -0.458 e. The van der Waals surface area contributed by atoms with Crippen LogP contribution in [0.2, 0.25) is 0 Å². The maximum atomic E-state index is 15.6. The number of hydrogen-bond donors (Lipinski definition) is 15. The van der Waals surface area contributed by atoms with E-state index in [9.17, 15) is 63.3 Å². The Bertz CT molecular complexity index is 3640. The molecule has 3 fully saturated rings. The van der Waals surface area contributed by atoms with Crippen molar-refractivity contribution in [3.63, 3.8) is 0 Å². The topological polar surface area (TPSA) is 486 Å². The van der Waals surface area contributed by atoms with Gasteiger partial charge in [-0.1, -0.05) is 163 Å². The molecule has 3 unspecified atom stereocenters. The molecule has 2 aromatic carbocycles. The van der Waals surface area contributed by atoms with E-state index in [-0.39, 0.29) is 74.8 Å². The zero-order valence-electron chi connectivity index (χ0n) is 66.6. The minimum atomic E-state index is -2.04. The van der Waals surface area contributed by atoms with Crippen molar-refractivity contribution in [2.45, 2.75) is 244 Å². The highest BCUT2D eigenvalue weighted by Gasteiger charge is 2.45. The molecule has 626 valence electrons. The quantitative estimate of drug-likeness (QED) is 0.0337. The number of esters is 1. The van der Waals surface area contributed by atoms with E-state index in [0.717, 1.165) is 26.5 Å². The SMILES string of the molecule is C=C1NC(=O)C([C@@H](C)CC)NC(=O)[C@@H]2CSSC[C@H](NC(=O)CCC(O)O)C(=O)N[C@H](Cc3ccccc3)C(=O)N[C@H](C)C(=O)NC(C[C@@H](C)CC)C(=O)N[C@@H](C(=O)N[C@H](Cc3ccccc3)C(=O)N3CCC[C@H]3C(=O)N2)[C@@H](C)OC(=O)[C@H](CO)NC(=O)[C@H]([C@@H](C)OC)N(C)C(=O)C(C(C)C)NC(=O)[C@H](C[C@H](C)CC)NC1=O. The van der Waals surface area contributed by atoms with Crippen LogP contribution in [0.1, 0.15) is 145 Å². The van der Waals surface area contributed by atoms with E-state index in [1.807, 2.05) is 13.8 Å². The molecule has 3 saturated heterocycles. The first-order valence-corrected chi connectivity index (χ1v) is 40.9. The third-order valence-electron chi connectivity index (χ3n) is 20.4. The first-order chi connectivity index (χ1) is 53.5. The molecule has 0 aromatic heterocycles. The van der Waals surface area contributed by atoms with E-state index in [1.54, 1.807) is 102 Å². The maximum Gasteiger partial charge on any atom is 0.331 e. The van der Waals surface area contributed by atoms with Crippen LogP contribution in [0.25, 0.3) is 0 Å². The summed E-state index contributed by atoms with van der Waals surface area (Å²) >= 11 is 0. The summed E-state index contributed by atoms with van der Waals surface area (Å²) in [6.45, 7) is 20.2. The number of cyclic esters (lactones) is 1. The predicted octanol–water partition coefficient (Wildman–Crippen LogP) is -0.695. The highest BCUT2D eigenvalue weighted by Crippen LogP contribution is 2.27. The lowest BCUT2D eigenvalue weighted by atomic mass is 9.96. The lowest BCUT2D eigenvalue weighted by Crippen LogP contribution is -2.63.